The standard InChI is InChI=1S/C11H21N5O2/c1-4-5-18-11-15-9(12)14-10(16-11)13-6-8(17)7(2)3/h7-8,17H,4-6H2,1-3H3,(H3,12,13,14,15,16). The number of anilines is 2. The number of ether oxygens (including phenoxy) is 1. The topological polar surface area (TPSA) is 106 Å². The largest absolute Gasteiger partial charge is 0.463 e. The Bertz CT molecular complexity index is 372. The molecule has 0 amide bonds. The Balaban J connectivity index is 2.62. The number of nitrogens with zero attached hydrogens (tertiary/aromatic N) is 3. The first-order valence-corrected chi connectivity index (χ1v) is 6.09. The fourth-order valence-corrected chi connectivity index (χ4v) is 1.14. The number of nitrogen functional groups attached to an aromatic ring is 1. The van der Waals surface area contributed by atoms with Gasteiger partial charge in [0.25, 0.3) is 0 Å². The molecule has 7 heteroatoms. The van der Waals surface area contributed by atoms with Crippen molar-refractivity contribution < 1.29 is 9.84 Å². The van der Waals surface area contributed by atoms with Crippen LogP contribution in [0.4, 0.5) is 11.9 Å². The second kappa shape index (κ2) is 6.95. The van der Waals surface area contributed by atoms with E-state index in [1.165, 1.54) is 0 Å². The average molecular weight is 255 g/mol. The maximum absolute atomic E-state index is 9.67. The molecule has 1 aromatic rings. The van der Waals surface area contributed by atoms with Crippen molar-refractivity contribution in [3.05, 3.63) is 0 Å². The van der Waals surface area contributed by atoms with Gasteiger partial charge in [-0.25, -0.2) is 0 Å². The Labute approximate surface area is 107 Å². The van der Waals surface area contributed by atoms with E-state index in [0.29, 0.717) is 19.1 Å². The Hall–Kier alpha value is -1.63. The first-order valence-electron chi connectivity index (χ1n) is 6.09. The van der Waals surface area contributed by atoms with Crippen LogP contribution in [0, 0.1) is 5.92 Å². The molecule has 0 aliphatic carbocycles. The molecule has 1 heterocycles. The summed E-state index contributed by atoms with van der Waals surface area (Å²) in [4.78, 5) is 11.8. The van der Waals surface area contributed by atoms with Crippen LogP contribution in [-0.2, 0) is 0 Å². The monoisotopic (exact) mass is 255 g/mol. The van der Waals surface area contributed by atoms with Gasteiger partial charge in [0.2, 0.25) is 11.9 Å². The minimum Gasteiger partial charge on any atom is -0.463 e. The lowest BCUT2D eigenvalue weighted by Crippen LogP contribution is -2.25. The molecule has 102 valence electrons. The molecule has 0 spiro atoms. The summed E-state index contributed by atoms with van der Waals surface area (Å²) in [6.07, 6.45) is 0.392. The van der Waals surface area contributed by atoms with Crippen molar-refractivity contribution in [1.29, 1.82) is 0 Å². The zero-order valence-corrected chi connectivity index (χ0v) is 11.1. The number of rotatable bonds is 7. The number of aromatic nitrogens is 3. The summed E-state index contributed by atoms with van der Waals surface area (Å²) in [7, 11) is 0. The smallest absolute Gasteiger partial charge is 0.323 e. The molecule has 0 radical (unpaired) electrons. The molecular formula is C11H21N5O2. The first-order chi connectivity index (χ1) is 8.52. The number of nitrogens with two attached hydrogens (primary N) is 1. The van der Waals surface area contributed by atoms with Gasteiger partial charge in [0.1, 0.15) is 0 Å². The third kappa shape index (κ3) is 4.70. The Morgan fingerprint density at radius 2 is 2.06 bits per heavy atom. The zero-order chi connectivity index (χ0) is 13.5. The average Bonchev–Trinajstić information content (AvgIpc) is 2.32. The maximum Gasteiger partial charge on any atom is 0.323 e. The minimum absolute atomic E-state index is 0.0950. The van der Waals surface area contributed by atoms with Gasteiger partial charge < -0.3 is 20.9 Å². The predicted molar refractivity (Wildman–Crippen MR) is 69.4 cm³/mol. The lowest BCUT2D eigenvalue weighted by Gasteiger charge is -2.15. The third-order valence-electron chi connectivity index (χ3n) is 2.31. The van der Waals surface area contributed by atoms with E-state index in [-0.39, 0.29) is 17.9 Å². The molecule has 1 atom stereocenters. The van der Waals surface area contributed by atoms with Crippen molar-refractivity contribution >= 4 is 11.9 Å². The van der Waals surface area contributed by atoms with E-state index in [1.807, 2.05) is 20.8 Å². The SMILES string of the molecule is CCCOc1nc(N)nc(NCC(O)C(C)C)n1. The Morgan fingerprint density at radius 1 is 1.33 bits per heavy atom. The van der Waals surface area contributed by atoms with Gasteiger partial charge in [0.05, 0.1) is 12.7 Å². The minimum atomic E-state index is -0.469. The van der Waals surface area contributed by atoms with E-state index >= 15 is 0 Å². The fourth-order valence-electron chi connectivity index (χ4n) is 1.14. The van der Waals surface area contributed by atoms with Crippen LogP contribution in [0.25, 0.3) is 0 Å². The summed E-state index contributed by atoms with van der Waals surface area (Å²) in [5, 5.41) is 12.6. The molecule has 0 aliphatic heterocycles. The van der Waals surface area contributed by atoms with Crippen LogP contribution in [0.1, 0.15) is 27.2 Å². The van der Waals surface area contributed by atoms with Crippen LogP contribution in [-0.4, -0.2) is 39.3 Å². The molecule has 0 aromatic carbocycles. The summed E-state index contributed by atoms with van der Waals surface area (Å²) in [5.74, 6) is 0.568. The van der Waals surface area contributed by atoms with Gasteiger partial charge in [-0.15, -0.1) is 0 Å². The number of aliphatic hydroxyl groups excluding tert-OH is 1. The lowest BCUT2D eigenvalue weighted by molar-refractivity contribution is 0.137. The van der Waals surface area contributed by atoms with Crippen LogP contribution in [0.2, 0.25) is 0 Å². The molecule has 0 bridgehead atoms. The highest BCUT2D eigenvalue weighted by Crippen LogP contribution is 2.10. The van der Waals surface area contributed by atoms with Crippen molar-refractivity contribution in [3.8, 4) is 6.01 Å². The van der Waals surface area contributed by atoms with Crippen LogP contribution in [0.5, 0.6) is 6.01 Å². The van der Waals surface area contributed by atoms with Crippen LogP contribution >= 0.6 is 0 Å². The maximum atomic E-state index is 9.67. The quantitative estimate of drug-likeness (QED) is 0.657. The summed E-state index contributed by atoms with van der Waals surface area (Å²) < 4.78 is 5.29. The lowest BCUT2D eigenvalue weighted by atomic mass is 10.1. The summed E-state index contributed by atoms with van der Waals surface area (Å²) >= 11 is 0. The van der Waals surface area contributed by atoms with E-state index in [2.05, 4.69) is 20.3 Å². The number of hydrogen-bond acceptors (Lipinski definition) is 7. The van der Waals surface area contributed by atoms with Crippen LogP contribution in [0.3, 0.4) is 0 Å². The van der Waals surface area contributed by atoms with Crippen molar-refractivity contribution in [2.45, 2.75) is 33.3 Å². The highest BCUT2D eigenvalue weighted by atomic mass is 16.5. The second-order valence-electron chi connectivity index (χ2n) is 4.34. The van der Waals surface area contributed by atoms with Crippen LogP contribution < -0.4 is 15.8 Å². The van der Waals surface area contributed by atoms with Gasteiger partial charge in [0, 0.05) is 6.54 Å². The molecule has 0 fully saturated rings. The number of nitrogens with one attached hydrogen (secondary N) is 1. The van der Waals surface area contributed by atoms with E-state index < -0.39 is 6.10 Å². The van der Waals surface area contributed by atoms with Gasteiger partial charge in [0.15, 0.2) is 0 Å². The molecule has 0 saturated heterocycles. The van der Waals surface area contributed by atoms with E-state index in [9.17, 15) is 5.11 Å². The second-order valence-corrected chi connectivity index (χ2v) is 4.34. The van der Waals surface area contributed by atoms with Gasteiger partial charge in [-0.05, 0) is 12.3 Å². The molecule has 1 unspecified atom stereocenters. The predicted octanol–water partition coefficient (Wildman–Crippen LogP) is 0.671. The molecule has 7 nitrogen and oxygen atoms in total. The van der Waals surface area contributed by atoms with Crippen molar-refractivity contribution in [2.75, 3.05) is 24.2 Å². The summed E-state index contributed by atoms with van der Waals surface area (Å²) in [6, 6.07) is 0.200. The van der Waals surface area contributed by atoms with Gasteiger partial charge in [-0.2, -0.15) is 15.0 Å². The third-order valence-corrected chi connectivity index (χ3v) is 2.31. The molecule has 0 saturated carbocycles. The summed E-state index contributed by atoms with van der Waals surface area (Å²) in [6.45, 7) is 6.74. The number of hydrogen-bond donors (Lipinski definition) is 3. The van der Waals surface area contributed by atoms with Gasteiger partial charge in [-0.3, -0.25) is 0 Å². The van der Waals surface area contributed by atoms with Gasteiger partial charge in [-0.1, -0.05) is 20.8 Å². The molecular weight excluding hydrogens is 234 g/mol. The molecule has 18 heavy (non-hydrogen) atoms. The van der Waals surface area contributed by atoms with Crippen molar-refractivity contribution in [1.82, 2.24) is 15.0 Å². The highest BCUT2D eigenvalue weighted by Gasteiger charge is 2.11. The van der Waals surface area contributed by atoms with E-state index in [0.717, 1.165) is 6.42 Å². The fraction of sp³-hybridized carbons (Fsp3) is 0.727. The highest BCUT2D eigenvalue weighted by molar-refractivity contribution is 5.32. The van der Waals surface area contributed by atoms with Crippen molar-refractivity contribution in [2.24, 2.45) is 5.92 Å². The molecule has 1 rings (SSSR count). The molecule has 4 N–H and O–H groups in total. The molecule has 1 aromatic heterocycles. The van der Waals surface area contributed by atoms with Crippen LogP contribution in [0.15, 0.2) is 0 Å². The first kappa shape index (κ1) is 14.4. The normalized spacial score (nSPS) is 12.5. The van der Waals surface area contributed by atoms with Gasteiger partial charge >= 0.3 is 6.01 Å². The number of aliphatic hydroxyl groups is 1. The van der Waals surface area contributed by atoms with Crippen molar-refractivity contribution in [3.63, 3.8) is 0 Å². The summed E-state index contributed by atoms with van der Waals surface area (Å²) in [5.41, 5.74) is 5.55. The van der Waals surface area contributed by atoms with E-state index in [1.54, 1.807) is 0 Å². The Morgan fingerprint density at radius 3 is 2.67 bits per heavy atom. The zero-order valence-electron chi connectivity index (χ0n) is 11.1. The van der Waals surface area contributed by atoms with E-state index in [4.69, 9.17) is 10.5 Å². The Kier molecular flexibility index (Phi) is 5.57. The molecule has 0 aliphatic rings.